The van der Waals surface area contributed by atoms with E-state index in [2.05, 4.69) is 5.32 Å². The van der Waals surface area contributed by atoms with Crippen molar-refractivity contribution in [3.05, 3.63) is 24.3 Å². The largest absolute Gasteiger partial charge is 0.325 e. The Morgan fingerprint density at radius 2 is 1.81 bits per heavy atom. The average Bonchev–Trinajstić information content (AvgIpc) is 2.16. The molecule has 0 aromatic heterocycles. The highest BCUT2D eigenvalue weighted by atomic mass is 32.2. The van der Waals surface area contributed by atoms with Gasteiger partial charge in [-0.05, 0) is 12.1 Å². The van der Waals surface area contributed by atoms with Gasteiger partial charge >= 0.3 is 0 Å². The van der Waals surface area contributed by atoms with Crippen molar-refractivity contribution in [3.8, 4) is 0 Å². The Hall–Kier alpha value is -1.36. The Morgan fingerprint density at radius 3 is 2.31 bits per heavy atom. The predicted octanol–water partition coefficient (Wildman–Crippen LogP) is 1.68. The second-order valence-corrected chi connectivity index (χ2v) is 5.90. The Labute approximate surface area is 95.6 Å². The number of hydrogen-bond donors (Lipinski definition) is 1. The van der Waals surface area contributed by atoms with E-state index in [0.717, 1.165) is 6.26 Å². The monoisotopic (exact) mass is 241 g/mol. The molecule has 5 heteroatoms. The molecule has 0 aliphatic rings. The molecule has 88 valence electrons. The first-order chi connectivity index (χ1) is 7.32. The van der Waals surface area contributed by atoms with E-state index in [1.807, 2.05) is 0 Å². The minimum absolute atomic E-state index is 0.143. The molecule has 0 saturated carbocycles. The topological polar surface area (TPSA) is 63.2 Å². The summed E-state index contributed by atoms with van der Waals surface area (Å²) >= 11 is 0. The van der Waals surface area contributed by atoms with Crippen LogP contribution in [0.4, 0.5) is 5.69 Å². The summed E-state index contributed by atoms with van der Waals surface area (Å²) in [4.78, 5) is 11.6. The fourth-order valence-corrected chi connectivity index (χ4v) is 2.01. The van der Waals surface area contributed by atoms with Gasteiger partial charge in [-0.25, -0.2) is 8.42 Å². The molecule has 0 fully saturated rings. The second-order valence-electron chi connectivity index (χ2n) is 3.91. The van der Waals surface area contributed by atoms with Crippen molar-refractivity contribution in [3.63, 3.8) is 0 Å². The van der Waals surface area contributed by atoms with Gasteiger partial charge in [-0.2, -0.15) is 0 Å². The number of para-hydroxylation sites is 1. The molecule has 0 atom stereocenters. The van der Waals surface area contributed by atoms with Crippen molar-refractivity contribution in [2.75, 3.05) is 11.6 Å². The maximum atomic E-state index is 11.5. The lowest BCUT2D eigenvalue weighted by Gasteiger charge is -2.11. The lowest BCUT2D eigenvalue weighted by Crippen LogP contribution is -2.19. The SMILES string of the molecule is CC(C)C(=O)Nc1ccccc1S(C)(=O)=O. The minimum Gasteiger partial charge on any atom is -0.325 e. The zero-order valence-electron chi connectivity index (χ0n) is 9.52. The molecular weight excluding hydrogens is 226 g/mol. The Kier molecular flexibility index (Phi) is 3.70. The highest BCUT2D eigenvalue weighted by Crippen LogP contribution is 2.20. The van der Waals surface area contributed by atoms with Gasteiger partial charge < -0.3 is 5.32 Å². The average molecular weight is 241 g/mol. The molecule has 1 N–H and O–H groups in total. The molecular formula is C11H15NO3S. The van der Waals surface area contributed by atoms with Crippen LogP contribution in [0.2, 0.25) is 0 Å². The lowest BCUT2D eigenvalue weighted by atomic mass is 10.2. The number of rotatable bonds is 3. The highest BCUT2D eigenvalue weighted by Gasteiger charge is 2.15. The number of hydrogen-bond acceptors (Lipinski definition) is 3. The van der Waals surface area contributed by atoms with Crippen LogP contribution in [0.25, 0.3) is 0 Å². The molecule has 0 saturated heterocycles. The zero-order chi connectivity index (χ0) is 12.3. The first-order valence-electron chi connectivity index (χ1n) is 4.92. The number of benzene rings is 1. The normalized spacial score (nSPS) is 11.5. The van der Waals surface area contributed by atoms with Gasteiger partial charge in [0.05, 0.1) is 10.6 Å². The van der Waals surface area contributed by atoms with E-state index in [9.17, 15) is 13.2 Å². The quantitative estimate of drug-likeness (QED) is 0.875. The molecule has 0 aliphatic carbocycles. The molecule has 16 heavy (non-hydrogen) atoms. The summed E-state index contributed by atoms with van der Waals surface area (Å²) in [6, 6.07) is 6.37. The predicted molar refractivity (Wildman–Crippen MR) is 63.0 cm³/mol. The number of sulfone groups is 1. The second kappa shape index (κ2) is 4.65. The molecule has 0 unspecified atom stereocenters. The van der Waals surface area contributed by atoms with Crippen molar-refractivity contribution < 1.29 is 13.2 Å². The molecule has 0 radical (unpaired) electrons. The van der Waals surface area contributed by atoms with Crippen molar-refractivity contribution in [1.29, 1.82) is 0 Å². The molecule has 1 aromatic carbocycles. The van der Waals surface area contributed by atoms with Gasteiger partial charge in [0.2, 0.25) is 5.91 Å². The van der Waals surface area contributed by atoms with Gasteiger partial charge in [-0.1, -0.05) is 26.0 Å². The van der Waals surface area contributed by atoms with E-state index >= 15 is 0 Å². The molecule has 0 bridgehead atoms. The van der Waals surface area contributed by atoms with Gasteiger partial charge in [-0.3, -0.25) is 4.79 Å². The number of amides is 1. The molecule has 1 aromatic rings. The van der Waals surface area contributed by atoms with Crippen LogP contribution in [0, 0.1) is 5.92 Å². The number of anilines is 1. The van der Waals surface area contributed by atoms with Crippen molar-refractivity contribution in [1.82, 2.24) is 0 Å². The molecule has 1 amide bonds. The highest BCUT2D eigenvalue weighted by molar-refractivity contribution is 7.90. The van der Waals surface area contributed by atoms with Gasteiger partial charge in [0.25, 0.3) is 0 Å². The van der Waals surface area contributed by atoms with Gasteiger partial charge in [-0.15, -0.1) is 0 Å². The van der Waals surface area contributed by atoms with Crippen LogP contribution in [-0.2, 0) is 14.6 Å². The van der Waals surface area contributed by atoms with Crippen LogP contribution in [-0.4, -0.2) is 20.6 Å². The third kappa shape index (κ3) is 3.06. The summed E-state index contributed by atoms with van der Waals surface area (Å²) in [6.07, 6.45) is 1.12. The molecule has 4 nitrogen and oxygen atoms in total. The van der Waals surface area contributed by atoms with E-state index in [1.54, 1.807) is 32.0 Å². The third-order valence-electron chi connectivity index (χ3n) is 2.07. The molecule has 0 aliphatic heterocycles. The van der Waals surface area contributed by atoms with Gasteiger partial charge in [0.1, 0.15) is 0 Å². The zero-order valence-corrected chi connectivity index (χ0v) is 10.3. The Bertz CT molecular complexity index is 492. The van der Waals surface area contributed by atoms with Crippen molar-refractivity contribution in [2.24, 2.45) is 5.92 Å². The van der Waals surface area contributed by atoms with Crippen molar-refractivity contribution >= 4 is 21.4 Å². The van der Waals surface area contributed by atoms with Crippen LogP contribution in [0.1, 0.15) is 13.8 Å². The van der Waals surface area contributed by atoms with E-state index in [0.29, 0.717) is 5.69 Å². The fourth-order valence-electron chi connectivity index (χ4n) is 1.17. The molecule has 1 rings (SSSR count). The van der Waals surface area contributed by atoms with Gasteiger partial charge in [0.15, 0.2) is 9.84 Å². The van der Waals surface area contributed by atoms with E-state index in [4.69, 9.17) is 0 Å². The summed E-state index contributed by atoms with van der Waals surface area (Å²) in [6.45, 7) is 3.50. The smallest absolute Gasteiger partial charge is 0.226 e. The van der Waals surface area contributed by atoms with Gasteiger partial charge in [0, 0.05) is 12.2 Å². The minimum atomic E-state index is -3.32. The summed E-state index contributed by atoms with van der Waals surface area (Å²) in [5.41, 5.74) is 0.337. The van der Waals surface area contributed by atoms with E-state index in [-0.39, 0.29) is 16.7 Å². The number of carbonyl (C=O) groups is 1. The van der Waals surface area contributed by atoms with E-state index in [1.165, 1.54) is 6.07 Å². The van der Waals surface area contributed by atoms with Crippen LogP contribution in [0.15, 0.2) is 29.2 Å². The Morgan fingerprint density at radius 1 is 1.25 bits per heavy atom. The number of nitrogens with one attached hydrogen (secondary N) is 1. The maximum absolute atomic E-state index is 11.5. The summed E-state index contributed by atoms with van der Waals surface area (Å²) < 4.78 is 22.9. The van der Waals surface area contributed by atoms with Crippen LogP contribution in [0.5, 0.6) is 0 Å². The molecule has 0 heterocycles. The summed E-state index contributed by atoms with van der Waals surface area (Å²) in [5, 5.41) is 2.60. The van der Waals surface area contributed by atoms with Crippen molar-refractivity contribution in [2.45, 2.75) is 18.7 Å². The fraction of sp³-hybridized carbons (Fsp3) is 0.364. The van der Waals surface area contributed by atoms with E-state index < -0.39 is 9.84 Å². The lowest BCUT2D eigenvalue weighted by molar-refractivity contribution is -0.118. The van der Waals surface area contributed by atoms with Crippen LogP contribution < -0.4 is 5.32 Å². The summed E-state index contributed by atoms with van der Waals surface area (Å²) in [5.74, 6) is -0.385. The Balaban J connectivity index is 3.11. The first-order valence-corrected chi connectivity index (χ1v) is 6.81. The first kappa shape index (κ1) is 12.7. The standard InChI is InChI=1S/C11H15NO3S/c1-8(2)11(13)12-9-6-4-5-7-10(9)16(3,14)15/h4-8H,1-3H3,(H,12,13). The number of carbonyl (C=O) groups excluding carboxylic acids is 1. The van der Waals surface area contributed by atoms with Crippen LogP contribution >= 0.6 is 0 Å². The third-order valence-corrected chi connectivity index (χ3v) is 3.22. The van der Waals surface area contributed by atoms with Crippen LogP contribution in [0.3, 0.4) is 0 Å². The maximum Gasteiger partial charge on any atom is 0.226 e. The summed E-state index contributed by atoms with van der Waals surface area (Å²) in [7, 11) is -3.32. The molecule has 0 spiro atoms.